The summed E-state index contributed by atoms with van der Waals surface area (Å²) in [7, 11) is 0. The molecule has 182 valence electrons. The number of nitrogens with one attached hydrogen (secondary N) is 1. The molecule has 3 aromatic rings. The second-order valence-corrected chi connectivity index (χ2v) is 9.57. The number of hydrogen-bond acceptors (Lipinski definition) is 9. The van der Waals surface area contributed by atoms with Gasteiger partial charge in [-0.2, -0.15) is 0 Å². The predicted molar refractivity (Wildman–Crippen MR) is 129 cm³/mol. The lowest BCUT2D eigenvalue weighted by Crippen LogP contribution is -2.32. The number of aliphatic carboxylic acids is 1. The number of aromatic nitrogens is 5. The first-order valence-corrected chi connectivity index (χ1v) is 12.6. The standard InChI is InChI=1S/C23H30N6O4S/c1-2-12-34-23-25-20(24-11-7-6-10-14-8-4-3-5-9-14)17-21(26-23)29(28-27-17)16-13-15(22(32)33)18(30)19(16)31/h3-5,8-9,15-16,18-19,30-31H,2,6-7,10-13H2,1H3,(H,32,33)(H,24,25,26)/t15-,16+,18+,19-/m0/s1. The van der Waals surface area contributed by atoms with E-state index in [0.29, 0.717) is 28.7 Å². The van der Waals surface area contributed by atoms with Gasteiger partial charge in [-0.15, -0.1) is 5.10 Å². The topological polar surface area (TPSA) is 146 Å². The van der Waals surface area contributed by atoms with E-state index in [2.05, 4.69) is 44.7 Å². The number of aliphatic hydroxyl groups excluding tert-OH is 2. The number of carbonyl (C=O) groups is 1. The van der Waals surface area contributed by atoms with Crippen LogP contribution in [0.3, 0.4) is 0 Å². The largest absolute Gasteiger partial charge is 0.481 e. The highest BCUT2D eigenvalue weighted by Gasteiger charge is 2.47. The summed E-state index contributed by atoms with van der Waals surface area (Å²) in [6.07, 6.45) is 1.32. The maximum Gasteiger partial charge on any atom is 0.309 e. The highest BCUT2D eigenvalue weighted by molar-refractivity contribution is 7.99. The molecule has 0 unspecified atom stereocenters. The molecular formula is C23H30N6O4S. The van der Waals surface area contributed by atoms with Gasteiger partial charge in [0, 0.05) is 12.3 Å². The van der Waals surface area contributed by atoms with E-state index in [1.807, 2.05) is 18.2 Å². The molecule has 10 nitrogen and oxygen atoms in total. The molecule has 1 saturated carbocycles. The van der Waals surface area contributed by atoms with E-state index in [0.717, 1.165) is 31.4 Å². The van der Waals surface area contributed by atoms with Gasteiger partial charge < -0.3 is 20.6 Å². The fraction of sp³-hybridized carbons (Fsp3) is 0.522. The Hall–Kier alpha value is -2.76. The lowest BCUT2D eigenvalue weighted by atomic mass is 10.1. The predicted octanol–water partition coefficient (Wildman–Crippen LogP) is 2.53. The van der Waals surface area contributed by atoms with Gasteiger partial charge in [-0.3, -0.25) is 4.79 Å². The number of nitrogens with zero attached hydrogens (tertiary/aromatic N) is 5. The molecule has 1 fully saturated rings. The third kappa shape index (κ3) is 5.31. The average Bonchev–Trinajstić information content (AvgIpc) is 3.39. The highest BCUT2D eigenvalue weighted by Crippen LogP contribution is 2.37. The van der Waals surface area contributed by atoms with E-state index in [9.17, 15) is 20.1 Å². The molecule has 0 bridgehead atoms. The number of thioether (sulfide) groups is 1. The Balaban J connectivity index is 1.52. The van der Waals surface area contributed by atoms with Crippen LogP contribution in [0.25, 0.3) is 11.2 Å². The summed E-state index contributed by atoms with van der Waals surface area (Å²) < 4.78 is 1.43. The van der Waals surface area contributed by atoms with Gasteiger partial charge >= 0.3 is 5.97 Å². The Morgan fingerprint density at radius 3 is 2.68 bits per heavy atom. The van der Waals surface area contributed by atoms with Crippen LogP contribution in [0.2, 0.25) is 0 Å². The molecule has 2 heterocycles. The van der Waals surface area contributed by atoms with Crippen LogP contribution in [-0.2, 0) is 11.2 Å². The molecule has 1 aliphatic rings. The van der Waals surface area contributed by atoms with Crippen molar-refractivity contribution in [3.8, 4) is 0 Å². The lowest BCUT2D eigenvalue weighted by Gasteiger charge is -2.16. The summed E-state index contributed by atoms with van der Waals surface area (Å²) in [6.45, 7) is 2.78. The van der Waals surface area contributed by atoms with Crippen molar-refractivity contribution < 1.29 is 20.1 Å². The summed E-state index contributed by atoms with van der Waals surface area (Å²) in [5, 5.41) is 42.4. The number of rotatable bonds is 11. The smallest absolute Gasteiger partial charge is 0.309 e. The Morgan fingerprint density at radius 2 is 1.97 bits per heavy atom. The molecule has 2 aromatic heterocycles. The fourth-order valence-electron chi connectivity index (χ4n) is 4.22. The van der Waals surface area contributed by atoms with Crippen molar-refractivity contribution in [1.82, 2.24) is 25.0 Å². The van der Waals surface area contributed by atoms with Crippen LogP contribution in [0.1, 0.15) is 44.2 Å². The number of anilines is 1. The molecule has 4 atom stereocenters. The summed E-state index contributed by atoms with van der Waals surface area (Å²) in [6, 6.07) is 9.62. The number of fused-ring (bicyclic) bond motifs is 1. The van der Waals surface area contributed by atoms with Crippen molar-refractivity contribution >= 4 is 34.7 Å². The minimum Gasteiger partial charge on any atom is -0.481 e. The van der Waals surface area contributed by atoms with Crippen LogP contribution in [0.15, 0.2) is 35.5 Å². The van der Waals surface area contributed by atoms with Gasteiger partial charge in [0.05, 0.1) is 18.1 Å². The van der Waals surface area contributed by atoms with Crippen molar-refractivity contribution in [2.24, 2.45) is 5.92 Å². The number of unbranched alkanes of at least 4 members (excludes halogenated alkanes) is 1. The molecule has 11 heteroatoms. The number of aliphatic hydroxyl groups is 2. The van der Waals surface area contributed by atoms with Crippen LogP contribution in [0.4, 0.5) is 5.82 Å². The van der Waals surface area contributed by atoms with E-state index in [-0.39, 0.29) is 6.42 Å². The number of carboxylic acid groups (broad SMARTS) is 1. The third-order valence-corrected chi connectivity index (χ3v) is 7.10. The summed E-state index contributed by atoms with van der Waals surface area (Å²) in [4.78, 5) is 20.7. The molecule has 1 aromatic carbocycles. The van der Waals surface area contributed by atoms with Crippen LogP contribution < -0.4 is 5.32 Å². The van der Waals surface area contributed by atoms with Gasteiger partial charge in [-0.1, -0.05) is 54.2 Å². The van der Waals surface area contributed by atoms with Gasteiger partial charge in [-0.25, -0.2) is 14.6 Å². The zero-order chi connectivity index (χ0) is 24.1. The molecule has 0 aliphatic heterocycles. The minimum absolute atomic E-state index is 0.0415. The molecule has 1 aliphatic carbocycles. The summed E-state index contributed by atoms with van der Waals surface area (Å²) >= 11 is 1.51. The number of hydrogen-bond donors (Lipinski definition) is 4. The molecule has 0 amide bonds. The lowest BCUT2D eigenvalue weighted by molar-refractivity contribution is -0.145. The first-order chi connectivity index (χ1) is 16.5. The Morgan fingerprint density at radius 1 is 1.18 bits per heavy atom. The van der Waals surface area contributed by atoms with E-state index in [1.165, 1.54) is 22.0 Å². The molecule has 0 spiro atoms. The van der Waals surface area contributed by atoms with Crippen molar-refractivity contribution in [2.45, 2.75) is 62.4 Å². The number of benzene rings is 1. The Labute approximate surface area is 201 Å². The second kappa shape index (κ2) is 11.1. The zero-order valence-corrected chi connectivity index (χ0v) is 19.9. The molecular weight excluding hydrogens is 456 g/mol. The second-order valence-electron chi connectivity index (χ2n) is 8.51. The maximum atomic E-state index is 11.5. The normalized spacial score (nSPS) is 22.3. The van der Waals surface area contributed by atoms with E-state index in [1.54, 1.807) is 0 Å². The van der Waals surface area contributed by atoms with Crippen molar-refractivity contribution in [1.29, 1.82) is 0 Å². The van der Waals surface area contributed by atoms with Crippen LogP contribution in [0, 0.1) is 5.92 Å². The van der Waals surface area contributed by atoms with Gasteiger partial charge in [0.25, 0.3) is 0 Å². The fourth-order valence-corrected chi connectivity index (χ4v) is 4.91. The van der Waals surface area contributed by atoms with Crippen LogP contribution in [0.5, 0.6) is 0 Å². The van der Waals surface area contributed by atoms with Crippen molar-refractivity contribution in [2.75, 3.05) is 17.6 Å². The first-order valence-electron chi connectivity index (χ1n) is 11.6. The quantitative estimate of drug-likeness (QED) is 0.181. The molecule has 34 heavy (non-hydrogen) atoms. The first kappa shape index (κ1) is 24.4. The van der Waals surface area contributed by atoms with Crippen molar-refractivity contribution in [3.63, 3.8) is 0 Å². The van der Waals surface area contributed by atoms with Crippen LogP contribution >= 0.6 is 11.8 Å². The SMILES string of the molecule is CCCSc1nc(NCCCCc2ccccc2)c2nnn([C@@H]3C[C@H](C(=O)O)[C@@H](O)[C@H]3O)c2n1. The molecule has 4 rings (SSSR count). The van der Waals surface area contributed by atoms with Gasteiger partial charge in [0.15, 0.2) is 22.1 Å². The molecule has 0 saturated heterocycles. The Bertz CT molecular complexity index is 1110. The van der Waals surface area contributed by atoms with E-state index >= 15 is 0 Å². The van der Waals surface area contributed by atoms with Gasteiger partial charge in [-0.05, 0) is 37.7 Å². The average molecular weight is 487 g/mol. The zero-order valence-electron chi connectivity index (χ0n) is 19.0. The summed E-state index contributed by atoms with van der Waals surface area (Å²) in [5.74, 6) is -0.810. The molecule has 4 N–H and O–H groups in total. The monoisotopic (exact) mass is 486 g/mol. The number of aryl methyl sites for hydroxylation is 1. The van der Waals surface area contributed by atoms with Gasteiger partial charge in [0.2, 0.25) is 0 Å². The Kier molecular flexibility index (Phi) is 7.96. The van der Waals surface area contributed by atoms with E-state index in [4.69, 9.17) is 0 Å². The maximum absolute atomic E-state index is 11.5. The highest BCUT2D eigenvalue weighted by atomic mass is 32.2. The minimum atomic E-state index is -1.38. The third-order valence-electron chi connectivity index (χ3n) is 6.05. The van der Waals surface area contributed by atoms with Gasteiger partial charge in [0.1, 0.15) is 6.10 Å². The molecule has 0 radical (unpaired) electrons. The van der Waals surface area contributed by atoms with Crippen molar-refractivity contribution in [3.05, 3.63) is 35.9 Å². The summed E-state index contributed by atoms with van der Waals surface area (Å²) in [5.41, 5.74) is 2.19. The van der Waals surface area contributed by atoms with Crippen LogP contribution in [-0.4, -0.2) is 70.8 Å². The van der Waals surface area contributed by atoms with E-state index < -0.39 is 30.1 Å². The number of carboxylic acids is 1.